The van der Waals surface area contributed by atoms with E-state index in [0.29, 0.717) is 12.3 Å². The Morgan fingerprint density at radius 2 is 1.78 bits per heavy atom. The van der Waals surface area contributed by atoms with Gasteiger partial charge < -0.3 is 13.6 Å². The second kappa shape index (κ2) is 11.5. The zero-order chi connectivity index (χ0) is 27.8. The Morgan fingerprint density at radius 1 is 1.11 bits per heavy atom. The first-order valence-corrected chi connectivity index (χ1v) is 19.9. The zero-order valence-electron chi connectivity index (χ0n) is 25.3. The molecule has 208 valence electrons. The van der Waals surface area contributed by atoms with Crippen molar-refractivity contribution in [2.45, 2.75) is 99.2 Å². The number of aryl methyl sites for hydroxylation is 1. The lowest BCUT2D eigenvalue weighted by molar-refractivity contribution is -0.186. The molecule has 0 amide bonds. The number of carbonyl (C=O) groups is 1. The smallest absolute Gasteiger partial charge is 0.308 e. The molecule has 6 heteroatoms. The lowest BCUT2D eigenvalue weighted by atomic mass is 9.68. The standard InChI is InChI=1S/C31H52O4Si2/c1-21-13-12-14-22(17-21)24(20-33-36(8)9)25(29(2,3)4)16-15-23-26-18-28(32)34-31(26,35-37(10)11)19-27(23)30(5,6)7/h12-17,23-27,36-37H,18-20H2,1-11H3/t23-,24?,25+,26+,27+,31-/m0/s1. The fraction of sp³-hybridized carbons (Fsp3) is 0.710. The van der Waals surface area contributed by atoms with Crippen LogP contribution < -0.4 is 0 Å². The molecule has 1 aliphatic carbocycles. The molecule has 0 bridgehead atoms. The van der Waals surface area contributed by atoms with Gasteiger partial charge in [-0.2, -0.15) is 0 Å². The van der Waals surface area contributed by atoms with E-state index in [4.69, 9.17) is 13.6 Å². The number of fused-ring (bicyclic) bond motifs is 1. The van der Waals surface area contributed by atoms with Crippen molar-refractivity contribution in [2.24, 2.45) is 34.5 Å². The van der Waals surface area contributed by atoms with E-state index in [1.54, 1.807) is 0 Å². The highest BCUT2D eigenvalue weighted by atomic mass is 28.3. The van der Waals surface area contributed by atoms with E-state index >= 15 is 0 Å². The van der Waals surface area contributed by atoms with Crippen LogP contribution in [-0.2, 0) is 18.4 Å². The molecular weight excluding hydrogens is 493 g/mol. The Labute approximate surface area is 230 Å². The number of ether oxygens (including phenoxy) is 1. The fourth-order valence-corrected chi connectivity index (χ4v) is 8.29. The van der Waals surface area contributed by atoms with E-state index in [9.17, 15) is 4.79 Å². The largest absolute Gasteiger partial charge is 0.434 e. The number of carbonyl (C=O) groups excluding carboxylic acids is 1. The number of esters is 1. The molecule has 2 fully saturated rings. The van der Waals surface area contributed by atoms with Crippen LogP contribution in [0.3, 0.4) is 0 Å². The van der Waals surface area contributed by atoms with Crippen LogP contribution in [0.5, 0.6) is 0 Å². The van der Waals surface area contributed by atoms with Crippen LogP contribution in [0.1, 0.15) is 71.4 Å². The molecule has 6 atom stereocenters. The van der Waals surface area contributed by atoms with E-state index in [1.165, 1.54) is 11.1 Å². The summed E-state index contributed by atoms with van der Waals surface area (Å²) in [5.74, 6) is 0.402. The minimum Gasteiger partial charge on any atom is -0.434 e. The van der Waals surface area contributed by atoms with Crippen LogP contribution in [0.15, 0.2) is 36.4 Å². The van der Waals surface area contributed by atoms with Gasteiger partial charge in [0, 0.05) is 24.9 Å². The molecule has 37 heavy (non-hydrogen) atoms. The number of hydrogen-bond donors (Lipinski definition) is 0. The highest BCUT2D eigenvalue weighted by molar-refractivity contribution is 6.48. The maximum absolute atomic E-state index is 12.6. The molecule has 0 N–H and O–H groups in total. The Morgan fingerprint density at radius 3 is 2.32 bits per heavy atom. The van der Waals surface area contributed by atoms with Crippen molar-refractivity contribution in [3.8, 4) is 0 Å². The van der Waals surface area contributed by atoms with Gasteiger partial charge in [-0.05, 0) is 67.3 Å². The molecule has 1 saturated carbocycles. The molecule has 1 heterocycles. The van der Waals surface area contributed by atoms with Crippen LogP contribution in [0, 0.1) is 41.4 Å². The number of hydrogen-bond acceptors (Lipinski definition) is 4. The molecule has 2 aliphatic rings. The molecular formula is C31H52O4Si2. The summed E-state index contributed by atoms with van der Waals surface area (Å²) in [7, 11) is -2.57. The Bertz CT molecular complexity index is 959. The molecule has 0 spiro atoms. The molecule has 4 nitrogen and oxygen atoms in total. The number of allylic oxidation sites excluding steroid dienone is 2. The van der Waals surface area contributed by atoms with Gasteiger partial charge in [0.05, 0.1) is 6.42 Å². The van der Waals surface area contributed by atoms with E-state index in [1.807, 2.05) is 0 Å². The zero-order valence-corrected chi connectivity index (χ0v) is 27.6. The van der Waals surface area contributed by atoms with E-state index in [2.05, 4.69) is 111 Å². The van der Waals surface area contributed by atoms with Crippen LogP contribution in [0.2, 0.25) is 26.2 Å². The highest BCUT2D eigenvalue weighted by Crippen LogP contribution is 2.58. The van der Waals surface area contributed by atoms with Crippen LogP contribution in [-0.4, -0.2) is 36.4 Å². The van der Waals surface area contributed by atoms with Crippen molar-refractivity contribution >= 4 is 24.0 Å². The molecule has 1 aromatic rings. The summed E-state index contributed by atoms with van der Waals surface area (Å²) in [6.07, 6.45) is 6.15. The van der Waals surface area contributed by atoms with Crippen molar-refractivity contribution in [2.75, 3.05) is 6.61 Å². The van der Waals surface area contributed by atoms with Gasteiger partial charge in [-0.25, -0.2) is 0 Å². The topological polar surface area (TPSA) is 44.8 Å². The second-order valence-corrected chi connectivity index (χ2v) is 19.0. The third-order valence-electron chi connectivity index (χ3n) is 8.27. The molecule has 0 aromatic heterocycles. The average molecular weight is 545 g/mol. The van der Waals surface area contributed by atoms with Crippen molar-refractivity contribution in [1.29, 1.82) is 0 Å². The predicted octanol–water partition coefficient (Wildman–Crippen LogP) is 7.24. The first kappa shape index (κ1) is 30.3. The van der Waals surface area contributed by atoms with E-state index < -0.39 is 23.9 Å². The fourth-order valence-electron chi connectivity index (χ4n) is 6.58. The second-order valence-electron chi connectivity index (χ2n) is 14.2. The summed E-state index contributed by atoms with van der Waals surface area (Å²) in [5, 5.41) is 0. The van der Waals surface area contributed by atoms with Crippen molar-refractivity contribution in [3.05, 3.63) is 47.5 Å². The van der Waals surface area contributed by atoms with Gasteiger partial charge in [0.1, 0.15) is 0 Å². The molecule has 1 aliphatic heterocycles. The van der Waals surface area contributed by atoms with Gasteiger partial charge in [-0.3, -0.25) is 4.79 Å². The summed E-state index contributed by atoms with van der Waals surface area (Å²) in [6.45, 7) is 25.7. The summed E-state index contributed by atoms with van der Waals surface area (Å²) in [5.41, 5.74) is 2.76. The number of rotatable bonds is 9. The summed E-state index contributed by atoms with van der Waals surface area (Å²) in [6, 6.07) is 8.93. The summed E-state index contributed by atoms with van der Waals surface area (Å²) < 4.78 is 19.0. The minimum atomic E-state index is -1.41. The van der Waals surface area contributed by atoms with Gasteiger partial charge in [-0.15, -0.1) is 0 Å². The van der Waals surface area contributed by atoms with E-state index in [-0.39, 0.29) is 40.5 Å². The first-order chi connectivity index (χ1) is 17.0. The van der Waals surface area contributed by atoms with Crippen molar-refractivity contribution < 1.29 is 18.4 Å². The Hall–Kier alpha value is -1.22. The van der Waals surface area contributed by atoms with Crippen molar-refractivity contribution in [3.63, 3.8) is 0 Å². The Balaban J connectivity index is 2.04. The van der Waals surface area contributed by atoms with E-state index in [0.717, 1.165) is 13.0 Å². The van der Waals surface area contributed by atoms with Gasteiger partial charge >= 0.3 is 5.97 Å². The maximum atomic E-state index is 12.6. The highest BCUT2D eigenvalue weighted by Gasteiger charge is 2.62. The average Bonchev–Trinajstić information content (AvgIpc) is 3.19. The monoisotopic (exact) mass is 544 g/mol. The summed E-state index contributed by atoms with van der Waals surface area (Å²) >= 11 is 0. The van der Waals surface area contributed by atoms with Gasteiger partial charge in [0.2, 0.25) is 5.79 Å². The SMILES string of the molecule is Cc1cccc(C(CO[SiH](C)C)[C@@H](C=C[C@@H]2[C@H](C(C)(C)C)C[C@@]3(O[SiH](C)C)OC(=O)C[C@H]23)C(C)(C)C)c1. The third-order valence-corrected chi connectivity index (χ3v) is 10.0. The normalized spacial score (nSPS) is 28.2. The molecule has 3 rings (SSSR count). The lowest BCUT2D eigenvalue weighted by Crippen LogP contribution is -2.39. The number of benzene rings is 1. The van der Waals surface area contributed by atoms with Crippen LogP contribution >= 0.6 is 0 Å². The molecule has 1 aromatic carbocycles. The predicted molar refractivity (Wildman–Crippen MR) is 159 cm³/mol. The molecule has 1 unspecified atom stereocenters. The molecule has 0 radical (unpaired) electrons. The van der Waals surface area contributed by atoms with Crippen LogP contribution in [0.4, 0.5) is 0 Å². The lowest BCUT2D eigenvalue weighted by Gasteiger charge is -2.37. The third kappa shape index (κ3) is 7.26. The van der Waals surface area contributed by atoms with Gasteiger partial charge in [-0.1, -0.05) is 83.5 Å². The van der Waals surface area contributed by atoms with Gasteiger partial charge in [0.15, 0.2) is 18.1 Å². The maximum Gasteiger partial charge on any atom is 0.308 e. The first-order valence-electron chi connectivity index (χ1n) is 14.3. The summed E-state index contributed by atoms with van der Waals surface area (Å²) in [4.78, 5) is 12.6. The molecule has 1 saturated heterocycles. The minimum absolute atomic E-state index is 0.0447. The quantitative estimate of drug-likeness (QED) is 0.187. The van der Waals surface area contributed by atoms with Crippen molar-refractivity contribution in [1.82, 2.24) is 0 Å². The van der Waals surface area contributed by atoms with Gasteiger partial charge in [0.25, 0.3) is 0 Å². The Kier molecular flexibility index (Phi) is 9.42. The van der Waals surface area contributed by atoms with Crippen LogP contribution in [0.25, 0.3) is 0 Å².